The largest absolute Gasteiger partial charge is 0.464 e. The predicted octanol–water partition coefficient (Wildman–Crippen LogP) is 3.56. The fourth-order valence-corrected chi connectivity index (χ4v) is 2.92. The highest BCUT2D eigenvalue weighted by Gasteiger charge is 2.28. The van der Waals surface area contributed by atoms with E-state index in [9.17, 15) is 9.18 Å². The van der Waals surface area contributed by atoms with Crippen molar-refractivity contribution in [2.45, 2.75) is 26.4 Å². The average Bonchev–Trinajstić information content (AvgIpc) is 2.78. The third-order valence-corrected chi connectivity index (χ3v) is 3.91. The zero-order valence-electron chi connectivity index (χ0n) is 11.7. The van der Waals surface area contributed by atoms with Gasteiger partial charge in [0.05, 0.1) is 12.8 Å². The van der Waals surface area contributed by atoms with Crippen molar-refractivity contribution in [3.63, 3.8) is 0 Å². The van der Waals surface area contributed by atoms with Crippen LogP contribution in [0.25, 0.3) is 11.0 Å². The van der Waals surface area contributed by atoms with E-state index >= 15 is 0 Å². The Kier molecular flexibility index (Phi) is 3.24. The fraction of sp³-hybridized carbons (Fsp3) is 0.438. The number of benzene rings is 1. The Hall–Kier alpha value is -1.84. The first kappa shape index (κ1) is 13.2. The number of nitrogens with zero attached hydrogens (tertiary/aromatic N) is 1. The Morgan fingerprint density at radius 3 is 2.95 bits per heavy atom. The highest BCUT2D eigenvalue weighted by molar-refractivity contribution is 5.98. The maximum Gasteiger partial charge on any atom is 0.254 e. The molecule has 20 heavy (non-hydrogen) atoms. The van der Waals surface area contributed by atoms with E-state index < -0.39 is 6.17 Å². The highest BCUT2D eigenvalue weighted by atomic mass is 19.1. The molecule has 1 aromatic heterocycles. The van der Waals surface area contributed by atoms with Crippen LogP contribution in [0.1, 0.15) is 29.3 Å². The molecule has 1 fully saturated rings. The standard InChI is InChI=1S/C16H18FNO2/c1-10-5-13(17)8-18(7-10)16(19)12-3-4-14-11(2)9-20-15(14)6-12/h3-4,6,9-10,13H,5,7-8H2,1-2H3/t10-,13-/m1/s1. The van der Waals surface area contributed by atoms with E-state index in [0.717, 1.165) is 10.9 Å². The van der Waals surface area contributed by atoms with Crippen molar-refractivity contribution in [3.8, 4) is 0 Å². The van der Waals surface area contributed by atoms with Crippen LogP contribution in [0, 0.1) is 12.8 Å². The second-order valence-electron chi connectivity index (χ2n) is 5.78. The molecular formula is C16H18FNO2. The number of hydrogen-bond donors (Lipinski definition) is 0. The molecule has 0 radical (unpaired) electrons. The van der Waals surface area contributed by atoms with E-state index in [1.807, 2.05) is 19.9 Å². The number of halogens is 1. The summed E-state index contributed by atoms with van der Waals surface area (Å²) in [7, 11) is 0. The van der Waals surface area contributed by atoms with Gasteiger partial charge in [0.15, 0.2) is 0 Å². The van der Waals surface area contributed by atoms with Gasteiger partial charge in [-0.1, -0.05) is 13.0 Å². The molecular weight excluding hydrogens is 257 g/mol. The number of amides is 1. The van der Waals surface area contributed by atoms with Crippen LogP contribution in [-0.2, 0) is 0 Å². The second-order valence-corrected chi connectivity index (χ2v) is 5.78. The Bertz CT molecular complexity index is 639. The van der Waals surface area contributed by atoms with Crippen LogP contribution in [0.15, 0.2) is 28.9 Å². The lowest BCUT2D eigenvalue weighted by Crippen LogP contribution is -2.44. The van der Waals surface area contributed by atoms with Gasteiger partial charge in [-0.15, -0.1) is 0 Å². The lowest BCUT2D eigenvalue weighted by atomic mass is 9.98. The molecule has 4 heteroatoms. The van der Waals surface area contributed by atoms with Crippen LogP contribution in [0.3, 0.4) is 0 Å². The quantitative estimate of drug-likeness (QED) is 0.797. The van der Waals surface area contributed by atoms with Crippen LogP contribution < -0.4 is 0 Å². The number of furan rings is 1. The number of alkyl halides is 1. The molecule has 0 bridgehead atoms. The number of carbonyl (C=O) groups excluding carboxylic acids is 1. The summed E-state index contributed by atoms with van der Waals surface area (Å²) in [5, 5.41) is 1.01. The fourth-order valence-electron chi connectivity index (χ4n) is 2.92. The van der Waals surface area contributed by atoms with Crippen molar-refractivity contribution in [1.82, 2.24) is 4.90 Å². The Morgan fingerprint density at radius 2 is 2.20 bits per heavy atom. The van der Waals surface area contributed by atoms with Gasteiger partial charge in [0.2, 0.25) is 0 Å². The van der Waals surface area contributed by atoms with Crippen LogP contribution in [0.2, 0.25) is 0 Å². The van der Waals surface area contributed by atoms with Crippen molar-refractivity contribution in [3.05, 3.63) is 35.6 Å². The first-order valence-electron chi connectivity index (χ1n) is 6.96. The van der Waals surface area contributed by atoms with Crippen molar-refractivity contribution in [2.24, 2.45) is 5.92 Å². The van der Waals surface area contributed by atoms with Gasteiger partial charge in [-0.2, -0.15) is 0 Å². The van der Waals surface area contributed by atoms with E-state index in [-0.39, 0.29) is 18.4 Å². The Morgan fingerprint density at radius 1 is 1.40 bits per heavy atom. The van der Waals surface area contributed by atoms with Crippen molar-refractivity contribution in [2.75, 3.05) is 13.1 Å². The molecule has 2 atom stereocenters. The summed E-state index contributed by atoms with van der Waals surface area (Å²) in [6.45, 7) is 4.76. The molecule has 3 rings (SSSR count). The van der Waals surface area contributed by atoms with E-state index in [4.69, 9.17) is 4.42 Å². The molecule has 0 N–H and O–H groups in total. The van der Waals surface area contributed by atoms with Crippen molar-refractivity contribution < 1.29 is 13.6 Å². The number of piperidine rings is 1. The minimum absolute atomic E-state index is 0.116. The normalized spacial score (nSPS) is 23.2. The first-order chi connectivity index (χ1) is 9.54. The van der Waals surface area contributed by atoms with Crippen LogP contribution >= 0.6 is 0 Å². The third-order valence-electron chi connectivity index (χ3n) is 3.91. The summed E-state index contributed by atoms with van der Waals surface area (Å²) in [5.74, 6) is 0.0902. The van der Waals surface area contributed by atoms with Gasteiger partial charge in [0.1, 0.15) is 11.8 Å². The minimum Gasteiger partial charge on any atom is -0.464 e. The summed E-state index contributed by atoms with van der Waals surface area (Å²) < 4.78 is 19.0. The SMILES string of the molecule is Cc1coc2cc(C(=O)N3C[C@H](C)C[C@@H](F)C3)ccc12. The summed E-state index contributed by atoms with van der Waals surface area (Å²) >= 11 is 0. The van der Waals surface area contributed by atoms with Gasteiger partial charge in [-0.05, 0) is 37.0 Å². The zero-order chi connectivity index (χ0) is 14.3. The number of aryl methyl sites for hydroxylation is 1. The molecule has 0 spiro atoms. The van der Waals surface area contributed by atoms with Gasteiger partial charge in [0.25, 0.3) is 5.91 Å². The van der Waals surface area contributed by atoms with Gasteiger partial charge in [-0.3, -0.25) is 4.79 Å². The zero-order valence-corrected chi connectivity index (χ0v) is 11.7. The third kappa shape index (κ3) is 2.30. The predicted molar refractivity (Wildman–Crippen MR) is 75.5 cm³/mol. The monoisotopic (exact) mass is 275 g/mol. The molecule has 0 saturated carbocycles. The van der Waals surface area contributed by atoms with E-state index in [1.165, 1.54) is 0 Å². The molecule has 0 unspecified atom stereocenters. The lowest BCUT2D eigenvalue weighted by Gasteiger charge is -2.33. The van der Waals surface area contributed by atoms with Crippen LogP contribution in [-0.4, -0.2) is 30.1 Å². The molecule has 106 valence electrons. The van der Waals surface area contributed by atoms with Crippen molar-refractivity contribution >= 4 is 16.9 Å². The molecule has 2 heterocycles. The summed E-state index contributed by atoms with van der Waals surface area (Å²) in [6, 6.07) is 5.43. The van der Waals surface area contributed by atoms with Crippen molar-refractivity contribution in [1.29, 1.82) is 0 Å². The van der Waals surface area contributed by atoms with Gasteiger partial charge < -0.3 is 9.32 Å². The Labute approximate surface area is 117 Å². The number of carbonyl (C=O) groups is 1. The number of rotatable bonds is 1. The maximum atomic E-state index is 13.6. The van der Waals surface area contributed by atoms with Gasteiger partial charge in [-0.25, -0.2) is 4.39 Å². The van der Waals surface area contributed by atoms with E-state index in [0.29, 0.717) is 24.1 Å². The molecule has 3 nitrogen and oxygen atoms in total. The molecule has 1 aromatic carbocycles. The summed E-state index contributed by atoms with van der Waals surface area (Å²) in [4.78, 5) is 14.1. The molecule has 2 aromatic rings. The number of likely N-dealkylation sites (tertiary alicyclic amines) is 1. The molecule has 1 amide bonds. The molecule has 1 saturated heterocycles. The van der Waals surface area contributed by atoms with E-state index in [2.05, 4.69) is 0 Å². The summed E-state index contributed by atoms with van der Waals surface area (Å²) in [5.41, 5.74) is 2.32. The smallest absolute Gasteiger partial charge is 0.254 e. The Balaban J connectivity index is 1.88. The summed E-state index contributed by atoms with van der Waals surface area (Å²) in [6.07, 6.45) is 1.30. The first-order valence-corrected chi connectivity index (χ1v) is 6.96. The number of fused-ring (bicyclic) bond motifs is 1. The van der Waals surface area contributed by atoms with Crippen LogP contribution in [0.5, 0.6) is 0 Å². The average molecular weight is 275 g/mol. The lowest BCUT2D eigenvalue weighted by molar-refractivity contribution is 0.0555. The highest BCUT2D eigenvalue weighted by Crippen LogP contribution is 2.24. The molecule has 0 aliphatic carbocycles. The molecule has 1 aliphatic heterocycles. The topological polar surface area (TPSA) is 33.5 Å². The second kappa shape index (κ2) is 4.93. The maximum absolute atomic E-state index is 13.6. The minimum atomic E-state index is -0.919. The van der Waals surface area contributed by atoms with Gasteiger partial charge in [0, 0.05) is 17.5 Å². The number of hydrogen-bond acceptors (Lipinski definition) is 2. The van der Waals surface area contributed by atoms with Crippen LogP contribution in [0.4, 0.5) is 4.39 Å². The van der Waals surface area contributed by atoms with Gasteiger partial charge >= 0.3 is 0 Å². The molecule has 1 aliphatic rings. The van der Waals surface area contributed by atoms with E-state index in [1.54, 1.807) is 23.3 Å².